The van der Waals surface area contributed by atoms with Gasteiger partial charge in [-0.1, -0.05) is 0 Å². The van der Waals surface area contributed by atoms with E-state index in [-0.39, 0.29) is 0 Å². The summed E-state index contributed by atoms with van der Waals surface area (Å²) >= 11 is 2.25. The first kappa shape index (κ1) is 9.64. The van der Waals surface area contributed by atoms with E-state index in [1.807, 2.05) is 19.1 Å². The lowest BCUT2D eigenvalue weighted by atomic mass is 10.2. The summed E-state index contributed by atoms with van der Waals surface area (Å²) in [5.41, 5.74) is 1.12. The molecule has 0 fully saturated rings. The van der Waals surface area contributed by atoms with Gasteiger partial charge in [-0.15, -0.1) is 0 Å². The monoisotopic (exact) mass is 278 g/mol. The quantitative estimate of drug-likeness (QED) is 0.774. The largest absolute Gasteiger partial charge is 0.496 e. The van der Waals surface area contributed by atoms with Crippen molar-refractivity contribution in [2.75, 3.05) is 14.2 Å². The van der Waals surface area contributed by atoms with Crippen LogP contribution in [0.15, 0.2) is 12.1 Å². The number of methoxy groups -OCH3 is 2. The van der Waals surface area contributed by atoms with Gasteiger partial charge in [0.2, 0.25) is 0 Å². The maximum absolute atomic E-state index is 5.16. The van der Waals surface area contributed by atoms with E-state index >= 15 is 0 Å². The third-order valence-electron chi connectivity index (χ3n) is 1.74. The normalized spacial score (nSPS) is 9.67. The number of rotatable bonds is 2. The van der Waals surface area contributed by atoms with Crippen molar-refractivity contribution < 1.29 is 9.47 Å². The first-order chi connectivity index (χ1) is 5.70. The molecular formula is C9H11IO2. The van der Waals surface area contributed by atoms with Crippen molar-refractivity contribution in [1.82, 2.24) is 0 Å². The molecule has 2 nitrogen and oxygen atoms in total. The highest BCUT2D eigenvalue weighted by atomic mass is 127. The van der Waals surface area contributed by atoms with E-state index in [1.54, 1.807) is 14.2 Å². The highest BCUT2D eigenvalue weighted by Gasteiger charge is 2.07. The lowest BCUT2D eigenvalue weighted by molar-refractivity contribution is 0.398. The minimum atomic E-state index is 0.897. The lowest BCUT2D eigenvalue weighted by Crippen LogP contribution is -1.93. The summed E-state index contributed by atoms with van der Waals surface area (Å²) in [5, 5.41) is 0. The Hall–Kier alpha value is -0.450. The number of halogens is 1. The fraction of sp³-hybridized carbons (Fsp3) is 0.333. The Morgan fingerprint density at radius 1 is 1.08 bits per heavy atom. The van der Waals surface area contributed by atoms with Crippen LogP contribution < -0.4 is 9.47 Å². The summed E-state index contributed by atoms with van der Waals surface area (Å²) in [6, 6.07) is 3.82. The molecule has 0 radical (unpaired) electrons. The molecule has 0 aliphatic carbocycles. The molecule has 0 aromatic heterocycles. The van der Waals surface area contributed by atoms with Crippen molar-refractivity contribution in [1.29, 1.82) is 0 Å². The Morgan fingerprint density at radius 2 is 1.58 bits per heavy atom. The molecule has 0 aliphatic heterocycles. The number of benzene rings is 1. The molecule has 0 N–H and O–H groups in total. The van der Waals surface area contributed by atoms with E-state index in [2.05, 4.69) is 22.6 Å². The Bertz CT molecular complexity index is 255. The molecule has 0 bridgehead atoms. The molecule has 0 saturated heterocycles. The Kier molecular flexibility index (Phi) is 3.20. The van der Waals surface area contributed by atoms with E-state index in [9.17, 15) is 0 Å². The molecule has 0 spiro atoms. The molecule has 1 aromatic rings. The van der Waals surface area contributed by atoms with E-state index < -0.39 is 0 Å². The van der Waals surface area contributed by atoms with Gasteiger partial charge in [0.15, 0.2) is 0 Å². The first-order valence-electron chi connectivity index (χ1n) is 3.57. The van der Waals surface area contributed by atoms with Gasteiger partial charge in [-0.05, 0) is 41.6 Å². The van der Waals surface area contributed by atoms with Crippen LogP contribution in [0.5, 0.6) is 11.5 Å². The average Bonchev–Trinajstić information content (AvgIpc) is 2.10. The van der Waals surface area contributed by atoms with Gasteiger partial charge in [-0.25, -0.2) is 0 Å². The van der Waals surface area contributed by atoms with Gasteiger partial charge in [0, 0.05) is 5.56 Å². The zero-order valence-corrected chi connectivity index (χ0v) is 9.51. The molecule has 0 aliphatic rings. The van der Waals surface area contributed by atoms with E-state index in [1.165, 1.54) is 0 Å². The fourth-order valence-electron chi connectivity index (χ4n) is 1.02. The van der Waals surface area contributed by atoms with Gasteiger partial charge in [-0.2, -0.15) is 0 Å². The van der Waals surface area contributed by atoms with Crippen molar-refractivity contribution in [3.8, 4) is 11.5 Å². The molecule has 0 amide bonds. The molecule has 12 heavy (non-hydrogen) atoms. The molecule has 0 atom stereocenters. The molecule has 0 saturated carbocycles. The van der Waals surface area contributed by atoms with Crippen molar-refractivity contribution in [2.24, 2.45) is 0 Å². The predicted octanol–water partition coefficient (Wildman–Crippen LogP) is 2.62. The SMILES string of the molecule is COc1ccc(OC)c(I)c1C. The standard InChI is InChI=1S/C9H11IO2/c1-6-7(11-2)4-5-8(12-3)9(6)10/h4-5H,1-3H3. The van der Waals surface area contributed by atoms with Crippen LogP contribution in [0, 0.1) is 10.5 Å². The molecule has 0 unspecified atom stereocenters. The third kappa shape index (κ3) is 1.65. The van der Waals surface area contributed by atoms with Crippen LogP contribution in [-0.2, 0) is 0 Å². The smallest absolute Gasteiger partial charge is 0.132 e. The predicted molar refractivity (Wildman–Crippen MR) is 57.0 cm³/mol. The highest BCUT2D eigenvalue weighted by Crippen LogP contribution is 2.30. The van der Waals surface area contributed by atoms with Crippen LogP contribution in [-0.4, -0.2) is 14.2 Å². The van der Waals surface area contributed by atoms with Gasteiger partial charge in [0.05, 0.1) is 17.8 Å². The van der Waals surface area contributed by atoms with Crippen molar-refractivity contribution >= 4 is 22.6 Å². The van der Waals surface area contributed by atoms with Gasteiger partial charge in [0.25, 0.3) is 0 Å². The van der Waals surface area contributed by atoms with Crippen LogP contribution in [0.25, 0.3) is 0 Å². The van der Waals surface area contributed by atoms with Gasteiger partial charge in [0.1, 0.15) is 11.5 Å². The Balaban J connectivity index is 3.20. The summed E-state index contributed by atoms with van der Waals surface area (Å²) in [5.74, 6) is 1.80. The molecule has 1 aromatic carbocycles. The fourth-order valence-corrected chi connectivity index (χ4v) is 1.69. The molecule has 3 heteroatoms. The summed E-state index contributed by atoms with van der Waals surface area (Å²) in [7, 11) is 3.34. The summed E-state index contributed by atoms with van der Waals surface area (Å²) in [6.45, 7) is 2.02. The van der Waals surface area contributed by atoms with Gasteiger partial charge < -0.3 is 9.47 Å². The summed E-state index contributed by atoms with van der Waals surface area (Å²) < 4.78 is 11.4. The van der Waals surface area contributed by atoms with E-state index in [0.29, 0.717) is 0 Å². The Labute approximate surface area is 86.0 Å². The summed E-state index contributed by atoms with van der Waals surface area (Å²) in [4.78, 5) is 0. The second kappa shape index (κ2) is 3.98. The molecular weight excluding hydrogens is 267 g/mol. The second-order valence-electron chi connectivity index (χ2n) is 2.41. The van der Waals surface area contributed by atoms with Crippen LogP contribution in [0.4, 0.5) is 0 Å². The van der Waals surface area contributed by atoms with E-state index in [4.69, 9.17) is 9.47 Å². The lowest BCUT2D eigenvalue weighted by Gasteiger charge is -2.09. The minimum absolute atomic E-state index is 0.897. The maximum atomic E-state index is 5.16. The molecule has 1 rings (SSSR count). The Morgan fingerprint density at radius 3 is 2.08 bits per heavy atom. The topological polar surface area (TPSA) is 18.5 Å². The molecule has 66 valence electrons. The van der Waals surface area contributed by atoms with Crippen molar-refractivity contribution in [2.45, 2.75) is 6.92 Å². The van der Waals surface area contributed by atoms with Crippen LogP contribution >= 0.6 is 22.6 Å². The van der Waals surface area contributed by atoms with Gasteiger partial charge in [-0.3, -0.25) is 0 Å². The van der Waals surface area contributed by atoms with Crippen LogP contribution in [0.1, 0.15) is 5.56 Å². The number of ether oxygens (including phenoxy) is 2. The second-order valence-corrected chi connectivity index (χ2v) is 3.49. The highest BCUT2D eigenvalue weighted by molar-refractivity contribution is 14.1. The molecule has 0 heterocycles. The number of hydrogen-bond donors (Lipinski definition) is 0. The first-order valence-corrected chi connectivity index (χ1v) is 4.65. The number of hydrogen-bond acceptors (Lipinski definition) is 2. The van der Waals surface area contributed by atoms with E-state index in [0.717, 1.165) is 20.6 Å². The zero-order valence-electron chi connectivity index (χ0n) is 7.35. The van der Waals surface area contributed by atoms with Crippen LogP contribution in [0.3, 0.4) is 0 Å². The average molecular weight is 278 g/mol. The van der Waals surface area contributed by atoms with Crippen molar-refractivity contribution in [3.63, 3.8) is 0 Å². The third-order valence-corrected chi connectivity index (χ3v) is 3.08. The zero-order chi connectivity index (χ0) is 9.14. The minimum Gasteiger partial charge on any atom is -0.496 e. The summed E-state index contributed by atoms with van der Waals surface area (Å²) in [6.07, 6.45) is 0. The van der Waals surface area contributed by atoms with Gasteiger partial charge >= 0.3 is 0 Å². The maximum Gasteiger partial charge on any atom is 0.132 e. The van der Waals surface area contributed by atoms with Crippen molar-refractivity contribution in [3.05, 3.63) is 21.3 Å². The van der Waals surface area contributed by atoms with Crippen LogP contribution in [0.2, 0.25) is 0 Å².